The molecule has 2 heterocycles. The lowest BCUT2D eigenvalue weighted by Gasteiger charge is -2.33. The molecular formula is C16H31N3O2. The number of nitrogens with zero attached hydrogens (tertiary/aromatic N) is 2. The molecule has 2 rings (SSSR count). The monoisotopic (exact) mass is 297 g/mol. The average molecular weight is 297 g/mol. The first-order valence-electron chi connectivity index (χ1n) is 8.47. The first kappa shape index (κ1) is 16.7. The average Bonchev–Trinajstić information content (AvgIpc) is 2.52. The van der Waals surface area contributed by atoms with Crippen molar-refractivity contribution in [2.24, 2.45) is 5.92 Å². The van der Waals surface area contributed by atoms with Crippen LogP contribution in [0.3, 0.4) is 0 Å². The maximum atomic E-state index is 12.1. The number of piperazine rings is 1. The van der Waals surface area contributed by atoms with E-state index >= 15 is 0 Å². The third kappa shape index (κ3) is 5.93. The minimum Gasteiger partial charge on any atom is -0.378 e. The Bertz CT molecular complexity index is 309. The Morgan fingerprint density at radius 3 is 2.48 bits per heavy atom. The Kier molecular flexibility index (Phi) is 6.93. The van der Waals surface area contributed by atoms with Gasteiger partial charge in [-0.2, -0.15) is 0 Å². The van der Waals surface area contributed by atoms with E-state index in [9.17, 15) is 4.79 Å². The maximum absolute atomic E-state index is 12.1. The van der Waals surface area contributed by atoms with Crippen molar-refractivity contribution in [3.63, 3.8) is 0 Å². The minimum atomic E-state index is 0.315. The Morgan fingerprint density at radius 2 is 1.86 bits per heavy atom. The summed E-state index contributed by atoms with van der Waals surface area (Å²) in [6, 6.07) is 0. The van der Waals surface area contributed by atoms with E-state index in [0.717, 1.165) is 65.3 Å². The van der Waals surface area contributed by atoms with E-state index in [1.807, 2.05) is 4.90 Å². The van der Waals surface area contributed by atoms with Crippen LogP contribution in [0.25, 0.3) is 0 Å². The van der Waals surface area contributed by atoms with Crippen molar-refractivity contribution in [1.29, 1.82) is 0 Å². The first-order chi connectivity index (χ1) is 10.1. The van der Waals surface area contributed by atoms with Crippen molar-refractivity contribution >= 4 is 5.91 Å². The standard InChI is InChI=1S/C16H31N3O2/c1-14(2)13-21-15-3-8-18(9-4-15)10-5-16(20)19-11-6-17-7-12-19/h14-15,17H,3-13H2,1-2H3. The predicted octanol–water partition coefficient (Wildman–Crippen LogP) is 0.945. The third-order valence-corrected chi connectivity index (χ3v) is 4.31. The van der Waals surface area contributed by atoms with Gasteiger partial charge in [0, 0.05) is 58.8 Å². The molecule has 2 fully saturated rings. The highest BCUT2D eigenvalue weighted by molar-refractivity contribution is 5.76. The number of nitrogens with one attached hydrogen (secondary N) is 1. The highest BCUT2D eigenvalue weighted by Gasteiger charge is 2.22. The first-order valence-corrected chi connectivity index (χ1v) is 8.47. The molecule has 2 aliphatic rings. The lowest BCUT2D eigenvalue weighted by Crippen LogP contribution is -2.47. The van der Waals surface area contributed by atoms with Crippen LogP contribution in [0.2, 0.25) is 0 Å². The van der Waals surface area contributed by atoms with Crippen molar-refractivity contribution in [1.82, 2.24) is 15.1 Å². The van der Waals surface area contributed by atoms with Crippen LogP contribution >= 0.6 is 0 Å². The van der Waals surface area contributed by atoms with Gasteiger partial charge in [-0.25, -0.2) is 0 Å². The van der Waals surface area contributed by atoms with Gasteiger partial charge in [-0.05, 0) is 18.8 Å². The van der Waals surface area contributed by atoms with Crippen LogP contribution in [0.5, 0.6) is 0 Å². The van der Waals surface area contributed by atoms with Crippen molar-refractivity contribution in [2.75, 3.05) is 52.4 Å². The number of carbonyl (C=O) groups excluding carboxylic acids is 1. The molecule has 5 nitrogen and oxygen atoms in total. The summed E-state index contributed by atoms with van der Waals surface area (Å²) >= 11 is 0. The Hall–Kier alpha value is -0.650. The zero-order valence-corrected chi connectivity index (χ0v) is 13.6. The van der Waals surface area contributed by atoms with Crippen LogP contribution < -0.4 is 5.32 Å². The van der Waals surface area contributed by atoms with E-state index < -0.39 is 0 Å². The number of ether oxygens (including phenoxy) is 1. The van der Waals surface area contributed by atoms with E-state index in [4.69, 9.17) is 4.74 Å². The molecule has 0 bridgehead atoms. The van der Waals surface area contributed by atoms with Gasteiger partial charge in [0.1, 0.15) is 0 Å². The topological polar surface area (TPSA) is 44.8 Å². The Balaban J connectivity index is 1.59. The van der Waals surface area contributed by atoms with Gasteiger partial charge in [-0.15, -0.1) is 0 Å². The number of carbonyl (C=O) groups is 1. The lowest BCUT2D eigenvalue weighted by molar-refractivity contribution is -0.132. The number of hydrogen-bond acceptors (Lipinski definition) is 4. The van der Waals surface area contributed by atoms with Gasteiger partial charge in [0.25, 0.3) is 0 Å². The third-order valence-electron chi connectivity index (χ3n) is 4.31. The molecule has 0 aromatic heterocycles. The molecule has 0 radical (unpaired) electrons. The predicted molar refractivity (Wildman–Crippen MR) is 84.3 cm³/mol. The summed E-state index contributed by atoms with van der Waals surface area (Å²) in [6.45, 7) is 11.9. The highest BCUT2D eigenvalue weighted by Crippen LogP contribution is 2.15. The van der Waals surface area contributed by atoms with Gasteiger partial charge in [0.15, 0.2) is 0 Å². The van der Waals surface area contributed by atoms with Crippen LogP contribution in [0.4, 0.5) is 0 Å². The van der Waals surface area contributed by atoms with Gasteiger partial charge < -0.3 is 19.9 Å². The van der Waals surface area contributed by atoms with Crippen LogP contribution in [-0.4, -0.2) is 74.2 Å². The fourth-order valence-electron chi connectivity index (χ4n) is 2.95. The smallest absolute Gasteiger partial charge is 0.223 e. The van der Waals surface area contributed by atoms with Gasteiger partial charge in [-0.1, -0.05) is 13.8 Å². The molecule has 0 aromatic rings. The molecule has 0 atom stereocenters. The molecule has 0 spiro atoms. The van der Waals surface area contributed by atoms with Crippen molar-refractivity contribution < 1.29 is 9.53 Å². The largest absolute Gasteiger partial charge is 0.378 e. The van der Waals surface area contributed by atoms with Crippen molar-refractivity contribution in [2.45, 2.75) is 39.2 Å². The van der Waals surface area contributed by atoms with Gasteiger partial charge in [0.2, 0.25) is 5.91 Å². The minimum absolute atomic E-state index is 0.315. The van der Waals surface area contributed by atoms with Gasteiger partial charge in [0.05, 0.1) is 6.10 Å². The zero-order valence-electron chi connectivity index (χ0n) is 13.6. The SMILES string of the molecule is CC(C)COC1CCN(CCC(=O)N2CCNCC2)CC1. The normalized spacial score (nSPS) is 22.0. The molecule has 21 heavy (non-hydrogen) atoms. The van der Waals surface area contributed by atoms with Crippen molar-refractivity contribution in [3.05, 3.63) is 0 Å². The summed E-state index contributed by atoms with van der Waals surface area (Å²) in [5.74, 6) is 0.925. The molecular weight excluding hydrogens is 266 g/mol. The molecule has 5 heteroatoms. The number of hydrogen-bond donors (Lipinski definition) is 1. The summed E-state index contributed by atoms with van der Waals surface area (Å²) in [7, 11) is 0. The Morgan fingerprint density at radius 1 is 1.19 bits per heavy atom. The fourth-order valence-corrected chi connectivity index (χ4v) is 2.95. The summed E-state index contributed by atoms with van der Waals surface area (Å²) < 4.78 is 5.90. The molecule has 1 amide bonds. The summed E-state index contributed by atoms with van der Waals surface area (Å²) in [5, 5.41) is 3.28. The molecule has 1 N–H and O–H groups in total. The van der Waals surface area contributed by atoms with Gasteiger partial charge in [-0.3, -0.25) is 4.79 Å². The summed E-state index contributed by atoms with van der Waals surface area (Å²) in [4.78, 5) is 16.5. The lowest BCUT2D eigenvalue weighted by atomic mass is 10.1. The second-order valence-electron chi connectivity index (χ2n) is 6.65. The number of piperidine rings is 1. The number of amides is 1. The molecule has 0 aromatic carbocycles. The summed E-state index contributed by atoms with van der Waals surface area (Å²) in [6.07, 6.45) is 3.30. The second kappa shape index (κ2) is 8.71. The highest BCUT2D eigenvalue weighted by atomic mass is 16.5. The molecule has 122 valence electrons. The molecule has 2 saturated heterocycles. The molecule has 0 saturated carbocycles. The van der Waals surface area contributed by atoms with Crippen LogP contribution in [0.15, 0.2) is 0 Å². The molecule has 0 unspecified atom stereocenters. The fraction of sp³-hybridized carbons (Fsp3) is 0.938. The van der Waals surface area contributed by atoms with E-state index in [1.165, 1.54) is 0 Å². The van der Waals surface area contributed by atoms with Crippen molar-refractivity contribution in [3.8, 4) is 0 Å². The molecule has 2 aliphatic heterocycles. The van der Waals surface area contributed by atoms with E-state index in [2.05, 4.69) is 24.1 Å². The zero-order chi connectivity index (χ0) is 15.1. The van der Waals surface area contributed by atoms with E-state index in [0.29, 0.717) is 24.3 Å². The van der Waals surface area contributed by atoms with E-state index in [-0.39, 0.29) is 0 Å². The van der Waals surface area contributed by atoms with E-state index in [1.54, 1.807) is 0 Å². The summed E-state index contributed by atoms with van der Waals surface area (Å²) in [5.41, 5.74) is 0. The van der Waals surface area contributed by atoms with Crippen LogP contribution in [0, 0.1) is 5.92 Å². The quantitative estimate of drug-likeness (QED) is 0.793. The number of rotatable bonds is 6. The Labute approximate surface area is 129 Å². The van der Waals surface area contributed by atoms with Crippen LogP contribution in [-0.2, 0) is 9.53 Å². The van der Waals surface area contributed by atoms with Crippen LogP contribution in [0.1, 0.15) is 33.1 Å². The maximum Gasteiger partial charge on any atom is 0.223 e. The second-order valence-corrected chi connectivity index (χ2v) is 6.65. The number of likely N-dealkylation sites (tertiary alicyclic amines) is 1. The van der Waals surface area contributed by atoms with Gasteiger partial charge >= 0.3 is 0 Å². The molecule has 0 aliphatic carbocycles.